The second kappa shape index (κ2) is 16.0. The number of likely N-dealkylation sites (tertiary alicyclic amines) is 1. The molecule has 55 heavy (non-hydrogen) atoms. The average molecular weight is 743 g/mol. The van der Waals surface area contributed by atoms with Crippen molar-refractivity contribution < 1.29 is 34.0 Å². The molecular weight excluding hydrogens is 697 g/mol. The van der Waals surface area contributed by atoms with Gasteiger partial charge in [0.05, 0.1) is 32.4 Å². The Morgan fingerprint density at radius 3 is 1.84 bits per heavy atom. The van der Waals surface area contributed by atoms with E-state index in [0.29, 0.717) is 23.2 Å². The Balaban J connectivity index is 1.32. The molecule has 1 aliphatic rings. The molecule has 4 aromatic carbocycles. The quantitative estimate of drug-likeness (QED) is 0.127. The van der Waals surface area contributed by atoms with Crippen LogP contribution in [0.15, 0.2) is 134 Å². The van der Waals surface area contributed by atoms with Crippen LogP contribution in [-0.2, 0) is 33.1 Å². The van der Waals surface area contributed by atoms with Gasteiger partial charge in [0.1, 0.15) is 47.5 Å². The molecule has 1 amide bonds. The Bertz CT molecular complexity index is 2080. The minimum Gasteiger partial charge on any atom is -0.479 e. The fourth-order valence-corrected chi connectivity index (χ4v) is 7.44. The molecule has 0 radical (unpaired) electrons. The van der Waals surface area contributed by atoms with E-state index in [0.717, 1.165) is 22.3 Å². The molecule has 1 saturated heterocycles. The summed E-state index contributed by atoms with van der Waals surface area (Å²) in [4.78, 5) is 24.8. The fourth-order valence-electron chi connectivity index (χ4n) is 7.44. The summed E-state index contributed by atoms with van der Waals surface area (Å²) in [6.45, 7) is 5.57. The molecule has 0 aliphatic carbocycles. The highest BCUT2D eigenvalue weighted by molar-refractivity contribution is 5.85. The lowest BCUT2D eigenvalue weighted by Crippen LogP contribution is -2.47. The molecule has 0 spiro atoms. The van der Waals surface area contributed by atoms with Gasteiger partial charge in [-0.2, -0.15) is 4.98 Å². The first kappa shape index (κ1) is 37.7. The molecule has 0 saturated carbocycles. The highest BCUT2D eigenvalue weighted by Crippen LogP contribution is 2.45. The summed E-state index contributed by atoms with van der Waals surface area (Å²) in [5.74, 6) is 0.287. The first-order chi connectivity index (χ1) is 26.6. The Morgan fingerprint density at radius 1 is 0.764 bits per heavy atom. The van der Waals surface area contributed by atoms with Crippen molar-refractivity contribution in [3.8, 4) is 5.88 Å². The Kier molecular flexibility index (Phi) is 11.0. The second-order valence-corrected chi connectivity index (χ2v) is 14.6. The minimum absolute atomic E-state index is 0.0905. The van der Waals surface area contributed by atoms with Crippen LogP contribution in [-0.4, -0.2) is 73.3 Å². The van der Waals surface area contributed by atoms with Crippen LogP contribution in [0.5, 0.6) is 5.88 Å². The van der Waals surface area contributed by atoms with Crippen molar-refractivity contribution in [2.24, 2.45) is 0 Å². The number of hydrogen-bond donors (Lipinski definition) is 2. The number of benzene rings is 4. The second-order valence-electron chi connectivity index (χ2n) is 14.6. The van der Waals surface area contributed by atoms with Gasteiger partial charge < -0.3 is 33.7 Å². The SMILES string of the molecule is COc1ncnc2c([C@H]3[C@H](O)[C@H](O)[C@@H](COC(c4ccccc4)(c4ccccc4)c4ccccc4)N3C(=O)OC(C)(C)C)cn(COCc3ccccc3)c12. The van der Waals surface area contributed by atoms with Crippen molar-refractivity contribution in [1.82, 2.24) is 19.4 Å². The molecule has 1 aliphatic heterocycles. The number of carbonyl (C=O) groups is 1. The van der Waals surface area contributed by atoms with Gasteiger partial charge in [-0.3, -0.25) is 4.90 Å². The van der Waals surface area contributed by atoms with Gasteiger partial charge in [0, 0.05) is 11.8 Å². The Hall–Kier alpha value is -5.59. The predicted octanol–water partition coefficient (Wildman–Crippen LogP) is 7.01. The molecule has 11 heteroatoms. The lowest BCUT2D eigenvalue weighted by molar-refractivity contribution is -0.0499. The number of aliphatic hydroxyl groups is 2. The molecule has 2 N–H and O–H groups in total. The van der Waals surface area contributed by atoms with Gasteiger partial charge in [-0.25, -0.2) is 9.78 Å². The van der Waals surface area contributed by atoms with Gasteiger partial charge in [0.2, 0.25) is 5.88 Å². The summed E-state index contributed by atoms with van der Waals surface area (Å²) >= 11 is 0. The Labute approximate surface area is 320 Å². The summed E-state index contributed by atoms with van der Waals surface area (Å²) in [6.07, 6.45) is -0.492. The van der Waals surface area contributed by atoms with Crippen LogP contribution >= 0.6 is 0 Å². The topological polar surface area (TPSA) is 128 Å². The molecule has 0 bridgehead atoms. The smallest absolute Gasteiger partial charge is 0.411 e. The number of aromatic nitrogens is 3. The summed E-state index contributed by atoms with van der Waals surface area (Å²) in [5.41, 5.74) is 2.89. The van der Waals surface area contributed by atoms with Crippen LogP contribution in [0.4, 0.5) is 4.79 Å². The van der Waals surface area contributed by atoms with Gasteiger partial charge >= 0.3 is 6.09 Å². The number of amides is 1. The molecule has 7 rings (SSSR count). The summed E-state index contributed by atoms with van der Waals surface area (Å²) < 4.78 is 26.7. The van der Waals surface area contributed by atoms with E-state index in [4.69, 9.17) is 18.9 Å². The third-order valence-electron chi connectivity index (χ3n) is 9.84. The first-order valence-corrected chi connectivity index (χ1v) is 18.3. The zero-order chi connectivity index (χ0) is 38.6. The summed E-state index contributed by atoms with van der Waals surface area (Å²) in [7, 11) is 1.51. The van der Waals surface area contributed by atoms with Crippen LogP contribution < -0.4 is 4.74 Å². The van der Waals surface area contributed by atoms with Crippen molar-refractivity contribution in [3.63, 3.8) is 0 Å². The largest absolute Gasteiger partial charge is 0.479 e. The number of rotatable bonds is 12. The maximum absolute atomic E-state index is 14.4. The van der Waals surface area contributed by atoms with E-state index in [2.05, 4.69) is 9.97 Å². The zero-order valence-electron chi connectivity index (χ0n) is 31.4. The van der Waals surface area contributed by atoms with Crippen molar-refractivity contribution in [2.75, 3.05) is 13.7 Å². The van der Waals surface area contributed by atoms with E-state index < -0.39 is 41.6 Å². The number of aliphatic hydroxyl groups excluding tert-OH is 2. The van der Waals surface area contributed by atoms with Crippen molar-refractivity contribution >= 4 is 17.1 Å². The number of fused-ring (bicyclic) bond motifs is 1. The highest BCUT2D eigenvalue weighted by Gasteiger charge is 2.54. The number of hydrogen-bond acceptors (Lipinski definition) is 9. The van der Waals surface area contributed by atoms with E-state index in [9.17, 15) is 15.0 Å². The van der Waals surface area contributed by atoms with E-state index in [1.54, 1.807) is 31.5 Å². The molecule has 0 unspecified atom stereocenters. The van der Waals surface area contributed by atoms with Gasteiger partial charge in [-0.15, -0.1) is 0 Å². The molecule has 284 valence electrons. The number of ether oxygens (including phenoxy) is 4. The highest BCUT2D eigenvalue weighted by atomic mass is 16.6. The molecule has 11 nitrogen and oxygen atoms in total. The third kappa shape index (κ3) is 7.56. The Morgan fingerprint density at radius 2 is 1.31 bits per heavy atom. The normalized spacial score (nSPS) is 18.8. The van der Waals surface area contributed by atoms with Crippen LogP contribution in [0.1, 0.15) is 54.6 Å². The van der Waals surface area contributed by atoms with Crippen molar-refractivity contribution in [3.05, 3.63) is 162 Å². The lowest BCUT2D eigenvalue weighted by Gasteiger charge is -2.39. The van der Waals surface area contributed by atoms with E-state index in [1.807, 2.05) is 121 Å². The van der Waals surface area contributed by atoms with E-state index >= 15 is 0 Å². The van der Waals surface area contributed by atoms with Gasteiger partial charge in [0.25, 0.3) is 0 Å². The van der Waals surface area contributed by atoms with E-state index in [-0.39, 0.29) is 19.2 Å². The molecular formula is C44H46N4O7. The van der Waals surface area contributed by atoms with Gasteiger partial charge in [-0.05, 0) is 43.0 Å². The third-order valence-corrected chi connectivity index (χ3v) is 9.84. The van der Waals surface area contributed by atoms with Crippen LogP contribution in [0.2, 0.25) is 0 Å². The summed E-state index contributed by atoms with van der Waals surface area (Å²) in [5, 5.41) is 24.0. The van der Waals surface area contributed by atoms with Crippen molar-refractivity contribution in [2.45, 2.75) is 69.6 Å². The maximum Gasteiger partial charge on any atom is 0.411 e. The monoisotopic (exact) mass is 742 g/mol. The predicted molar refractivity (Wildman–Crippen MR) is 207 cm³/mol. The standard InChI is InChI=1S/C44H46N4O7/c1-43(2,3)55-42(51)48-35(27-54-44(31-19-11-6-12-20-31,32-21-13-7-14-22-32)33-23-15-8-16-24-33)39(49)40(50)37(48)34-25-47(29-53-26-30-17-9-5-10-18-30)38-36(34)45-28-46-41(38)52-4/h5-25,28,35,37,39-40,49-50H,26-27,29H2,1-4H3/t35-,37+,39-,40+/m1/s1. The minimum atomic E-state index is -1.45. The first-order valence-electron chi connectivity index (χ1n) is 18.3. The molecule has 6 aromatic rings. The number of carbonyl (C=O) groups excluding carboxylic acids is 1. The average Bonchev–Trinajstić information content (AvgIpc) is 3.69. The molecule has 2 aromatic heterocycles. The number of nitrogens with zero attached hydrogens (tertiary/aromatic N) is 4. The number of methoxy groups -OCH3 is 1. The van der Waals surface area contributed by atoms with E-state index in [1.165, 1.54) is 18.3 Å². The van der Waals surface area contributed by atoms with Crippen molar-refractivity contribution in [1.29, 1.82) is 0 Å². The molecule has 4 atom stereocenters. The van der Waals surface area contributed by atoms with Gasteiger partial charge in [-0.1, -0.05) is 121 Å². The molecule has 3 heterocycles. The summed E-state index contributed by atoms with van der Waals surface area (Å²) in [6, 6.07) is 37.1. The lowest BCUT2D eigenvalue weighted by atomic mass is 9.80. The molecule has 1 fully saturated rings. The van der Waals surface area contributed by atoms with Crippen LogP contribution in [0, 0.1) is 0 Å². The zero-order valence-corrected chi connectivity index (χ0v) is 31.4. The maximum atomic E-state index is 14.4. The van der Waals surface area contributed by atoms with Crippen LogP contribution in [0.3, 0.4) is 0 Å². The fraction of sp³-hybridized carbons (Fsp3) is 0.295. The van der Waals surface area contributed by atoms with Crippen LogP contribution in [0.25, 0.3) is 11.0 Å². The van der Waals surface area contributed by atoms with Gasteiger partial charge in [0.15, 0.2) is 0 Å².